The van der Waals surface area contributed by atoms with Crippen LogP contribution in [0.1, 0.15) is 16.1 Å². The average Bonchev–Trinajstić information content (AvgIpc) is 2.16. The molecule has 0 unspecified atom stereocenters. The second kappa shape index (κ2) is 4.84. The maximum absolute atomic E-state index is 11.9. The Balaban J connectivity index is 2.85. The molecule has 1 rings (SSSR count). The van der Waals surface area contributed by atoms with Crippen LogP contribution in [0.3, 0.4) is 0 Å². The molecule has 0 aromatic carbocycles. The number of nitrogens with zero attached hydrogens (tertiary/aromatic N) is 2. The molecule has 5 heteroatoms. The molecule has 0 saturated heterocycles. The Morgan fingerprint density at radius 2 is 2.33 bits per heavy atom. The van der Waals surface area contributed by atoms with Gasteiger partial charge in [-0.15, -0.1) is 0 Å². The van der Waals surface area contributed by atoms with Crippen molar-refractivity contribution in [2.75, 3.05) is 13.6 Å². The Hall–Kier alpha value is -1.49. The van der Waals surface area contributed by atoms with Crippen molar-refractivity contribution >= 4 is 23.1 Å². The summed E-state index contributed by atoms with van der Waals surface area (Å²) in [4.78, 5) is 17.7. The molecule has 4 nitrogen and oxygen atoms in total. The van der Waals surface area contributed by atoms with E-state index in [9.17, 15) is 4.79 Å². The second-order valence-corrected chi connectivity index (χ2v) is 3.79. The molecule has 1 amide bonds. The molecule has 0 aliphatic rings. The molecule has 0 saturated carbocycles. The normalized spacial score (nSPS) is 9.73. The number of carbonyl (C=O) groups excluding carboxylic acids is 1. The first kappa shape index (κ1) is 11.6. The number of hydrogen-bond acceptors (Lipinski definition) is 3. The number of thiocarbonyl (C=S) groups is 1. The predicted octanol–water partition coefficient (Wildman–Crippen LogP) is 0.748. The van der Waals surface area contributed by atoms with Gasteiger partial charge in [-0.05, 0) is 19.1 Å². The van der Waals surface area contributed by atoms with Crippen LogP contribution in [0, 0.1) is 6.92 Å². The van der Waals surface area contributed by atoms with Crippen LogP contribution in [0.5, 0.6) is 0 Å². The topological polar surface area (TPSA) is 59.2 Å². The SMILES string of the molecule is Cc1ncccc1C(=O)N(C)CC(N)=S. The zero-order valence-corrected chi connectivity index (χ0v) is 9.54. The van der Waals surface area contributed by atoms with E-state index in [4.69, 9.17) is 18.0 Å². The number of aryl methyl sites for hydroxylation is 1. The first-order chi connectivity index (χ1) is 7.02. The molecular weight excluding hydrogens is 210 g/mol. The number of rotatable bonds is 3. The van der Waals surface area contributed by atoms with Gasteiger partial charge in [-0.25, -0.2) is 0 Å². The van der Waals surface area contributed by atoms with Crippen LogP contribution in [0.25, 0.3) is 0 Å². The van der Waals surface area contributed by atoms with E-state index in [1.165, 1.54) is 4.90 Å². The number of carbonyl (C=O) groups is 1. The van der Waals surface area contributed by atoms with Crippen LogP contribution in [0.15, 0.2) is 18.3 Å². The highest BCUT2D eigenvalue weighted by Crippen LogP contribution is 2.06. The van der Waals surface area contributed by atoms with E-state index in [0.29, 0.717) is 16.2 Å². The monoisotopic (exact) mass is 223 g/mol. The van der Waals surface area contributed by atoms with Gasteiger partial charge in [0.15, 0.2) is 0 Å². The maximum Gasteiger partial charge on any atom is 0.255 e. The van der Waals surface area contributed by atoms with Crippen LogP contribution in [-0.2, 0) is 0 Å². The summed E-state index contributed by atoms with van der Waals surface area (Å²) < 4.78 is 0. The quantitative estimate of drug-likeness (QED) is 0.768. The fourth-order valence-electron chi connectivity index (χ4n) is 1.22. The van der Waals surface area contributed by atoms with Crippen LogP contribution < -0.4 is 5.73 Å². The van der Waals surface area contributed by atoms with Crippen LogP contribution >= 0.6 is 12.2 Å². The third-order valence-electron chi connectivity index (χ3n) is 1.98. The van der Waals surface area contributed by atoms with E-state index < -0.39 is 0 Å². The third kappa shape index (κ3) is 2.99. The first-order valence-electron chi connectivity index (χ1n) is 4.47. The summed E-state index contributed by atoms with van der Waals surface area (Å²) in [6, 6.07) is 3.47. The van der Waals surface area contributed by atoms with E-state index in [0.717, 1.165) is 0 Å². The lowest BCUT2D eigenvalue weighted by molar-refractivity contribution is 0.0814. The van der Waals surface area contributed by atoms with Crippen molar-refractivity contribution in [1.29, 1.82) is 0 Å². The summed E-state index contributed by atoms with van der Waals surface area (Å²) in [6.07, 6.45) is 1.65. The Kier molecular flexibility index (Phi) is 3.74. The van der Waals surface area contributed by atoms with Gasteiger partial charge < -0.3 is 10.6 Å². The van der Waals surface area contributed by atoms with E-state index in [1.54, 1.807) is 32.3 Å². The van der Waals surface area contributed by atoms with Crippen LogP contribution in [0.2, 0.25) is 0 Å². The van der Waals surface area contributed by atoms with Crippen molar-refractivity contribution in [3.05, 3.63) is 29.6 Å². The largest absolute Gasteiger partial charge is 0.392 e. The summed E-state index contributed by atoms with van der Waals surface area (Å²) >= 11 is 4.74. The van der Waals surface area contributed by atoms with Gasteiger partial charge in [-0.3, -0.25) is 9.78 Å². The number of hydrogen-bond donors (Lipinski definition) is 1. The molecule has 15 heavy (non-hydrogen) atoms. The lowest BCUT2D eigenvalue weighted by Gasteiger charge is -2.16. The number of aromatic nitrogens is 1. The summed E-state index contributed by atoms with van der Waals surface area (Å²) in [5, 5.41) is 0. The van der Waals surface area contributed by atoms with E-state index in [-0.39, 0.29) is 12.5 Å². The molecule has 0 atom stereocenters. The van der Waals surface area contributed by atoms with Gasteiger partial charge in [0.1, 0.15) is 0 Å². The fraction of sp³-hybridized carbons (Fsp3) is 0.300. The minimum atomic E-state index is -0.117. The molecule has 0 fully saturated rings. The molecule has 0 spiro atoms. The number of amides is 1. The summed E-state index contributed by atoms with van der Waals surface area (Å²) in [5.41, 5.74) is 6.65. The Labute approximate surface area is 94.1 Å². The Morgan fingerprint density at radius 1 is 1.67 bits per heavy atom. The maximum atomic E-state index is 11.9. The van der Waals surface area contributed by atoms with Crippen molar-refractivity contribution in [1.82, 2.24) is 9.88 Å². The van der Waals surface area contributed by atoms with Crippen molar-refractivity contribution in [3.63, 3.8) is 0 Å². The highest BCUT2D eigenvalue weighted by Gasteiger charge is 2.14. The zero-order chi connectivity index (χ0) is 11.4. The molecule has 2 N–H and O–H groups in total. The smallest absolute Gasteiger partial charge is 0.255 e. The Bertz CT molecular complexity index is 392. The van der Waals surface area contributed by atoms with Crippen molar-refractivity contribution in [2.45, 2.75) is 6.92 Å². The highest BCUT2D eigenvalue weighted by molar-refractivity contribution is 7.80. The molecule has 0 aliphatic carbocycles. The molecular formula is C10H13N3OS. The number of likely N-dealkylation sites (N-methyl/N-ethyl adjacent to an activating group) is 1. The second-order valence-electron chi connectivity index (χ2n) is 3.26. The fourth-order valence-corrected chi connectivity index (χ4v) is 1.42. The van der Waals surface area contributed by atoms with Crippen LogP contribution in [0.4, 0.5) is 0 Å². The summed E-state index contributed by atoms with van der Waals surface area (Å²) in [6.45, 7) is 2.07. The molecule has 1 heterocycles. The van der Waals surface area contributed by atoms with Crippen molar-refractivity contribution in [2.24, 2.45) is 5.73 Å². The van der Waals surface area contributed by atoms with Crippen LogP contribution in [-0.4, -0.2) is 34.4 Å². The zero-order valence-electron chi connectivity index (χ0n) is 8.73. The molecule has 1 aromatic heterocycles. The number of nitrogens with two attached hydrogens (primary N) is 1. The summed E-state index contributed by atoms with van der Waals surface area (Å²) in [5.74, 6) is -0.117. The minimum Gasteiger partial charge on any atom is -0.392 e. The van der Waals surface area contributed by atoms with Gasteiger partial charge in [0.25, 0.3) is 5.91 Å². The lowest BCUT2D eigenvalue weighted by atomic mass is 10.2. The van der Waals surface area contributed by atoms with Gasteiger partial charge in [0.2, 0.25) is 0 Å². The van der Waals surface area contributed by atoms with Gasteiger partial charge in [0.05, 0.1) is 17.1 Å². The number of pyridine rings is 1. The van der Waals surface area contributed by atoms with E-state index in [1.807, 2.05) is 0 Å². The molecule has 80 valence electrons. The van der Waals surface area contributed by atoms with Gasteiger partial charge >= 0.3 is 0 Å². The third-order valence-corrected chi connectivity index (χ3v) is 2.11. The van der Waals surface area contributed by atoms with Gasteiger partial charge in [0, 0.05) is 18.9 Å². The van der Waals surface area contributed by atoms with Crippen molar-refractivity contribution in [3.8, 4) is 0 Å². The lowest BCUT2D eigenvalue weighted by Crippen LogP contribution is -2.34. The Morgan fingerprint density at radius 3 is 2.87 bits per heavy atom. The predicted molar refractivity (Wildman–Crippen MR) is 62.7 cm³/mol. The van der Waals surface area contributed by atoms with E-state index in [2.05, 4.69) is 4.98 Å². The highest BCUT2D eigenvalue weighted by atomic mass is 32.1. The molecule has 0 bridgehead atoms. The minimum absolute atomic E-state index is 0.117. The standard InChI is InChI=1S/C10H13N3OS/c1-7-8(4-3-5-12-7)10(14)13(2)6-9(11)15/h3-5H,6H2,1-2H3,(H2,11,15). The molecule has 0 radical (unpaired) electrons. The molecule has 0 aliphatic heterocycles. The molecule has 1 aromatic rings. The summed E-state index contributed by atoms with van der Waals surface area (Å²) in [7, 11) is 1.66. The van der Waals surface area contributed by atoms with Crippen molar-refractivity contribution < 1.29 is 4.79 Å². The van der Waals surface area contributed by atoms with E-state index >= 15 is 0 Å². The first-order valence-corrected chi connectivity index (χ1v) is 4.88. The average molecular weight is 223 g/mol. The van der Waals surface area contributed by atoms with Gasteiger partial charge in [-0.2, -0.15) is 0 Å². The van der Waals surface area contributed by atoms with Gasteiger partial charge in [-0.1, -0.05) is 12.2 Å².